The first-order valence-corrected chi connectivity index (χ1v) is 5.75. The minimum absolute atomic E-state index is 0.509. The van der Waals surface area contributed by atoms with Crippen molar-refractivity contribution in [2.24, 2.45) is 0 Å². The van der Waals surface area contributed by atoms with Crippen LogP contribution in [0, 0.1) is 20.2 Å². The number of halogens is 4. The van der Waals surface area contributed by atoms with Gasteiger partial charge in [-0.2, -0.15) is 17.6 Å². The number of benzene rings is 2. The van der Waals surface area contributed by atoms with Gasteiger partial charge in [0.15, 0.2) is 0 Å². The number of nitrogens with zero attached hydrogens (tertiary/aromatic N) is 2. The maximum atomic E-state index is 13.9. The summed E-state index contributed by atoms with van der Waals surface area (Å²) in [6.07, 6.45) is 0. The van der Waals surface area contributed by atoms with Crippen molar-refractivity contribution < 1.29 is 27.4 Å². The number of rotatable bonds is 2. The first kappa shape index (κ1) is 14.2. The minimum Gasteiger partial charge on any atom is -0.258 e. The molecule has 2 aromatic rings. The molecule has 1 aliphatic rings. The number of alkyl halides is 4. The Morgan fingerprint density at radius 3 is 1.41 bits per heavy atom. The Bertz CT molecular complexity index is 799. The molecule has 10 heteroatoms. The molecule has 22 heavy (non-hydrogen) atoms. The van der Waals surface area contributed by atoms with E-state index in [0.29, 0.717) is 24.3 Å². The predicted molar refractivity (Wildman–Crippen MR) is 65.0 cm³/mol. The maximum Gasteiger partial charge on any atom is 0.340 e. The van der Waals surface area contributed by atoms with Crippen molar-refractivity contribution in [3.8, 4) is 0 Å². The van der Waals surface area contributed by atoms with Crippen LogP contribution in [0.25, 0.3) is 10.8 Å². The van der Waals surface area contributed by atoms with Crippen LogP contribution < -0.4 is 0 Å². The second-order valence-corrected chi connectivity index (χ2v) is 4.68. The van der Waals surface area contributed by atoms with Crippen LogP contribution in [0.1, 0.15) is 11.1 Å². The molecule has 6 nitrogen and oxygen atoms in total. The summed E-state index contributed by atoms with van der Waals surface area (Å²) in [5, 5.41) is 20.3. The number of non-ortho nitro benzene ring substituents is 2. The SMILES string of the molecule is O=[N+]([O-])c1ccc2c3c(ccc([N+](=O)[O-])c13)C(F)(F)C2(F)F. The summed E-state index contributed by atoms with van der Waals surface area (Å²) in [6, 6.07) is 2.16. The molecule has 0 amide bonds. The summed E-state index contributed by atoms with van der Waals surface area (Å²) in [4.78, 5) is 19.9. The lowest BCUT2D eigenvalue weighted by Gasteiger charge is -2.19. The lowest BCUT2D eigenvalue weighted by atomic mass is 10.0. The van der Waals surface area contributed by atoms with Crippen LogP contribution in [0.5, 0.6) is 0 Å². The highest BCUT2D eigenvalue weighted by Gasteiger charge is 2.65. The molecule has 114 valence electrons. The fourth-order valence-corrected chi connectivity index (χ4v) is 2.63. The Hall–Kier alpha value is -2.78. The van der Waals surface area contributed by atoms with Crippen LogP contribution in [-0.2, 0) is 11.8 Å². The molecule has 0 heterocycles. The number of hydrogen-bond donors (Lipinski definition) is 0. The normalized spacial score (nSPS) is 17.6. The molecule has 0 bridgehead atoms. The zero-order valence-electron chi connectivity index (χ0n) is 10.3. The molecule has 3 rings (SSSR count). The summed E-state index contributed by atoms with van der Waals surface area (Å²) in [5.74, 6) is -9.20. The van der Waals surface area contributed by atoms with Crippen molar-refractivity contribution in [2.45, 2.75) is 11.8 Å². The average Bonchev–Trinajstić information content (AvgIpc) is 2.58. The van der Waals surface area contributed by atoms with Gasteiger partial charge in [-0.05, 0) is 12.1 Å². The highest BCUT2D eigenvalue weighted by Crippen LogP contribution is 2.60. The topological polar surface area (TPSA) is 86.3 Å². The lowest BCUT2D eigenvalue weighted by Crippen LogP contribution is -2.30. The van der Waals surface area contributed by atoms with Crippen molar-refractivity contribution in [1.82, 2.24) is 0 Å². The summed E-state index contributed by atoms with van der Waals surface area (Å²) in [6.45, 7) is 0. The van der Waals surface area contributed by atoms with E-state index in [1.165, 1.54) is 0 Å². The predicted octanol–water partition coefficient (Wildman–Crippen LogP) is 3.85. The van der Waals surface area contributed by atoms with Crippen LogP contribution in [0.3, 0.4) is 0 Å². The third kappa shape index (κ3) is 1.43. The lowest BCUT2D eigenvalue weighted by molar-refractivity contribution is -0.390. The van der Waals surface area contributed by atoms with Gasteiger partial charge in [-0.25, -0.2) is 0 Å². The van der Waals surface area contributed by atoms with E-state index < -0.39 is 55.0 Å². The largest absolute Gasteiger partial charge is 0.340 e. The van der Waals surface area contributed by atoms with Gasteiger partial charge in [0, 0.05) is 28.6 Å². The Balaban J connectivity index is 2.60. The van der Waals surface area contributed by atoms with Gasteiger partial charge in [0.2, 0.25) is 0 Å². The summed E-state index contributed by atoms with van der Waals surface area (Å²) in [7, 11) is 0. The molecule has 0 saturated heterocycles. The summed E-state index contributed by atoms with van der Waals surface area (Å²) >= 11 is 0. The van der Waals surface area contributed by atoms with E-state index in [1.807, 2.05) is 0 Å². The van der Waals surface area contributed by atoms with Gasteiger partial charge >= 0.3 is 11.8 Å². The first-order valence-electron chi connectivity index (χ1n) is 5.75. The molecule has 0 aliphatic heterocycles. The second kappa shape index (κ2) is 3.90. The number of hydrogen-bond acceptors (Lipinski definition) is 4. The minimum atomic E-state index is -4.60. The van der Waals surface area contributed by atoms with Crippen LogP contribution in [0.15, 0.2) is 24.3 Å². The van der Waals surface area contributed by atoms with Crippen LogP contribution >= 0.6 is 0 Å². The maximum absolute atomic E-state index is 13.9. The Morgan fingerprint density at radius 2 is 1.09 bits per heavy atom. The first-order chi connectivity index (χ1) is 10.1. The molecular weight excluding hydrogens is 312 g/mol. The number of nitro groups is 2. The van der Waals surface area contributed by atoms with E-state index in [4.69, 9.17) is 0 Å². The zero-order chi connectivity index (χ0) is 16.4. The third-order valence-electron chi connectivity index (χ3n) is 3.58. The van der Waals surface area contributed by atoms with E-state index in [9.17, 15) is 37.8 Å². The van der Waals surface area contributed by atoms with E-state index in [1.54, 1.807) is 0 Å². The molecule has 0 unspecified atom stereocenters. The van der Waals surface area contributed by atoms with Gasteiger partial charge in [-0.1, -0.05) is 0 Å². The molecule has 0 radical (unpaired) electrons. The quantitative estimate of drug-likeness (QED) is 0.478. The van der Waals surface area contributed by atoms with Crippen molar-refractivity contribution in [2.75, 3.05) is 0 Å². The van der Waals surface area contributed by atoms with Gasteiger partial charge in [0.1, 0.15) is 5.39 Å². The zero-order valence-corrected chi connectivity index (χ0v) is 10.3. The molecule has 1 aliphatic carbocycles. The second-order valence-electron chi connectivity index (χ2n) is 4.68. The van der Waals surface area contributed by atoms with Gasteiger partial charge in [0.25, 0.3) is 11.4 Å². The monoisotopic (exact) mass is 316 g/mol. The van der Waals surface area contributed by atoms with Crippen molar-refractivity contribution in [3.63, 3.8) is 0 Å². The summed E-state index contributed by atoms with van der Waals surface area (Å²) in [5.41, 5.74) is -4.06. The molecule has 0 spiro atoms. The van der Waals surface area contributed by atoms with E-state index in [0.717, 1.165) is 0 Å². The van der Waals surface area contributed by atoms with Crippen molar-refractivity contribution >= 4 is 22.1 Å². The standard InChI is InChI=1S/C12H4F4N2O4/c13-11(14)5-1-3-7(17(19)20)10-8(18(21)22)4-2-6(9(5)10)12(11,15)16/h1-4H. The van der Waals surface area contributed by atoms with Crippen molar-refractivity contribution in [3.05, 3.63) is 55.6 Å². The van der Waals surface area contributed by atoms with Crippen LogP contribution in [0.2, 0.25) is 0 Å². The van der Waals surface area contributed by atoms with Crippen LogP contribution in [0.4, 0.5) is 28.9 Å². The van der Waals surface area contributed by atoms with Crippen molar-refractivity contribution in [1.29, 1.82) is 0 Å². The van der Waals surface area contributed by atoms with E-state index >= 15 is 0 Å². The van der Waals surface area contributed by atoms with Gasteiger partial charge in [-0.3, -0.25) is 20.2 Å². The van der Waals surface area contributed by atoms with Crippen LogP contribution in [-0.4, -0.2) is 9.85 Å². The fraction of sp³-hybridized carbons (Fsp3) is 0.167. The Morgan fingerprint density at radius 1 is 0.727 bits per heavy atom. The molecule has 0 N–H and O–H groups in total. The number of nitro benzene ring substituents is 2. The smallest absolute Gasteiger partial charge is 0.258 e. The van der Waals surface area contributed by atoms with Gasteiger partial charge in [-0.15, -0.1) is 0 Å². The highest BCUT2D eigenvalue weighted by atomic mass is 19.3. The summed E-state index contributed by atoms with van der Waals surface area (Å²) < 4.78 is 55.5. The van der Waals surface area contributed by atoms with Gasteiger partial charge in [0.05, 0.1) is 9.85 Å². The molecule has 0 aromatic heterocycles. The molecular formula is C12H4F4N2O4. The average molecular weight is 316 g/mol. The third-order valence-corrected chi connectivity index (χ3v) is 3.58. The highest BCUT2D eigenvalue weighted by molar-refractivity contribution is 6.04. The fourth-order valence-electron chi connectivity index (χ4n) is 2.63. The molecule has 2 aromatic carbocycles. The molecule has 0 saturated carbocycles. The Kier molecular flexibility index (Phi) is 2.51. The van der Waals surface area contributed by atoms with E-state index in [-0.39, 0.29) is 0 Å². The Labute approximate surface area is 118 Å². The molecule has 0 atom stereocenters. The molecule has 0 fully saturated rings. The van der Waals surface area contributed by atoms with Gasteiger partial charge < -0.3 is 0 Å². The van der Waals surface area contributed by atoms with E-state index in [2.05, 4.69) is 0 Å².